The molecule has 1 aliphatic heterocycles. The molecule has 1 fully saturated rings. The Bertz CT molecular complexity index is 230. The summed E-state index contributed by atoms with van der Waals surface area (Å²) in [5.74, 6) is 0.284. The average Bonchev–Trinajstić information content (AvgIpc) is 2.67. The molecule has 1 N–H and O–H groups in total. The molecule has 0 aliphatic carbocycles. The standard InChI is InChI=1S/C13H26N2O/c1-11(2)13(16)14-7-10-15(12(3)4)8-5-6-9-15/h11-12H,5-10H2,1-4H3/p+1. The smallest absolute Gasteiger partial charge is 0.222 e. The summed E-state index contributed by atoms with van der Waals surface area (Å²) in [5.41, 5.74) is 0. The van der Waals surface area contributed by atoms with Crippen LogP contribution in [0.5, 0.6) is 0 Å². The third-order valence-corrected chi connectivity index (χ3v) is 3.93. The molecular formula is C13H27N2O+. The van der Waals surface area contributed by atoms with Gasteiger partial charge in [-0.05, 0) is 13.8 Å². The fourth-order valence-corrected chi connectivity index (χ4v) is 2.57. The van der Waals surface area contributed by atoms with Gasteiger partial charge in [-0.2, -0.15) is 0 Å². The molecule has 0 saturated carbocycles. The average molecular weight is 227 g/mol. The quantitative estimate of drug-likeness (QED) is 0.713. The van der Waals surface area contributed by atoms with Crippen molar-refractivity contribution in [3.63, 3.8) is 0 Å². The SMILES string of the molecule is CC(C)C(=O)NCC[N+]1(C(C)C)CCCC1. The van der Waals surface area contributed by atoms with Gasteiger partial charge in [-0.3, -0.25) is 4.79 Å². The van der Waals surface area contributed by atoms with Gasteiger partial charge in [0.1, 0.15) is 0 Å². The van der Waals surface area contributed by atoms with Crippen molar-refractivity contribution in [1.29, 1.82) is 0 Å². The van der Waals surface area contributed by atoms with Gasteiger partial charge < -0.3 is 9.80 Å². The topological polar surface area (TPSA) is 29.1 Å². The summed E-state index contributed by atoms with van der Waals surface area (Å²) in [6.45, 7) is 13.0. The number of rotatable bonds is 5. The highest BCUT2D eigenvalue weighted by atomic mass is 16.1. The van der Waals surface area contributed by atoms with Crippen molar-refractivity contribution in [2.75, 3.05) is 26.2 Å². The van der Waals surface area contributed by atoms with Crippen LogP contribution in [0.4, 0.5) is 0 Å². The van der Waals surface area contributed by atoms with E-state index < -0.39 is 0 Å². The first kappa shape index (κ1) is 13.5. The van der Waals surface area contributed by atoms with E-state index in [1.807, 2.05) is 13.8 Å². The number of amides is 1. The summed E-state index contributed by atoms with van der Waals surface area (Å²) in [5, 5.41) is 3.03. The molecule has 0 aromatic heterocycles. The Hall–Kier alpha value is -0.570. The summed E-state index contributed by atoms with van der Waals surface area (Å²) in [4.78, 5) is 11.5. The minimum atomic E-state index is 0.103. The molecule has 3 heteroatoms. The minimum absolute atomic E-state index is 0.103. The van der Waals surface area contributed by atoms with Crippen LogP contribution >= 0.6 is 0 Å². The highest BCUT2D eigenvalue weighted by Gasteiger charge is 2.34. The lowest BCUT2D eigenvalue weighted by molar-refractivity contribution is -0.935. The van der Waals surface area contributed by atoms with E-state index in [0.29, 0.717) is 6.04 Å². The molecule has 1 rings (SSSR count). The van der Waals surface area contributed by atoms with E-state index in [9.17, 15) is 4.79 Å². The lowest BCUT2D eigenvalue weighted by Gasteiger charge is -2.38. The zero-order chi connectivity index (χ0) is 12.2. The van der Waals surface area contributed by atoms with Crippen molar-refractivity contribution >= 4 is 5.91 Å². The van der Waals surface area contributed by atoms with Crippen LogP contribution in [0.1, 0.15) is 40.5 Å². The molecule has 16 heavy (non-hydrogen) atoms. The van der Waals surface area contributed by atoms with Gasteiger partial charge in [-0.1, -0.05) is 13.8 Å². The maximum atomic E-state index is 11.5. The van der Waals surface area contributed by atoms with Gasteiger partial charge in [0.25, 0.3) is 0 Å². The van der Waals surface area contributed by atoms with Crippen LogP contribution in [0.15, 0.2) is 0 Å². The largest absolute Gasteiger partial charge is 0.350 e. The van der Waals surface area contributed by atoms with Gasteiger partial charge in [-0.25, -0.2) is 0 Å². The number of quaternary nitrogens is 1. The Balaban J connectivity index is 2.37. The molecule has 1 aliphatic rings. The van der Waals surface area contributed by atoms with Gasteiger partial charge in [0.05, 0.1) is 32.2 Å². The summed E-state index contributed by atoms with van der Waals surface area (Å²) >= 11 is 0. The maximum Gasteiger partial charge on any atom is 0.222 e. The second-order valence-corrected chi connectivity index (χ2v) is 5.64. The first-order valence-corrected chi connectivity index (χ1v) is 6.61. The predicted octanol–water partition coefficient (Wildman–Crippen LogP) is 1.78. The molecule has 0 unspecified atom stereocenters. The van der Waals surface area contributed by atoms with Crippen molar-refractivity contribution in [2.24, 2.45) is 5.92 Å². The molecular weight excluding hydrogens is 200 g/mol. The van der Waals surface area contributed by atoms with Crippen LogP contribution in [0.3, 0.4) is 0 Å². The number of carbonyl (C=O) groups excluding carboxylic acids is 1. The Labute approximate surface area is 99.8 Å². The van der Waals surface area contributed by atoms with E-state index in [1.165, 1.54) is 30.4 Å². The summed E-state index contributed by atoms with van der Waals surface area (Å²) in [6.07, 6.45) is 2.69. The summed E-state index contributed by atoms with van der Waals surface area (Å²) in [7, 11) is 0. The molecule has 0 spiro atoms. The van der Waals surface area contributed by atoms with E-state index in [4.69, 9.17) is 0 Å². The summed E-state index contributed by atoms with van der Waals surface area (Å²) in [6, 6.07) is 0.679. The lowest BCUT2D eigenvalue weighted by Crippen LogP contribution is -2.54. The number of nitrogens with one attached hydrogen (secondary N) is 1. The first-order valence-electron chi connectivity index (χ1n) is 6.61. The van der Waals surface area contributed by atoms with E-state index in [1.54, 1.807) is 0 Å². The Morgan fingerprint density at radius 1 is 1.19 bits per heavy atom. The van der Waals surface area contributed by atoms with Gasteiger partial charge in [-0.15, -0.1) is 0 Å². The molecule has 0 aromatic carbocycles. The van der Waals surface area contributed by atoms with Crippen LogP contribution in [0, 0.1) is 5.92 Å². The zero-order valence-electron chi connectivity index (χ0n) is 11.3. The fourth-order valence-electron chi connectivity index (χ4n) is 2.57. The third-order valence-electron chi connectivity index (χ3n) is 3.93. The van der Waals surface area contributed by atoms with Crippen LogP contribution < -0.4 is 5.32 Å². The molecule has 1 heterocycles. The van der Waals surface area contributed by atoms with Crippen LogP contribution in [-0.2, 0) is 4.79 Å². The molecule has 0 aromatic rings. The molecule has 94 valence electrons. The van der Waals surface area contributed by atoms with Gasteiger partial charge in [0.2, 0.25) is 5.91 Å². The van der Waals surface area contributed by atoms with Crippen molar-refractivity contribution < 1.29 is 9.28 Å². The number of carbonyl (C=O) groups is 1. The second-order valence-electron chi connectivity index (χ2n) is 5.64. The van der Waals surface area contributed by atoms with E-state index >= 15 is 0 Å². The first-order chi connectivity index (χ1) is 7.48. The number of nitrogens with zero attached hydrogens (tertiary/aromatic N) is 1. The molecule has 0 atom stereocenters. The van der Waals surface area contributed by atoms with Gasteiger partial charge in [0.15, 0.2) is 0 Å². The normalized spacial score (nSPS) is 19.4. The number of likely N-dealkylation sites (tertiary alicyclic amines) is 1. The van der Waals surface area contributed by atoms with Crippen molar-refractivity contribution in [2.45, 2.75) is 46.6 Å². The Kier molecular flexibility index (Phi) is 4.78. The van der Waals surface area contributed by atoms with E-state index in [2.05, 4.69) is 19.2 Å². The highest BCUT2D eigenvalue weighted by molar-refractivity contribution is 5.77. The Morgan fingerprint density at radius 2 is 1.75 bits per heavy atom. The molecule has 0 radical (unpaired) electrons. The van der Waals surface area contributed by atoms with E-state index in [0.717, 1.165) is 13.1 Å². The van der Waals surface area contributed by atoms with Gasteiger partial charge in [0, 0.05) is 18.8 Å². The minimum Gasteiger partial charge on any atom is -0.350 e. The summed E-state index contributed by atoms with van der Waals surface area (Å²) < 4.78 is 1.19. The zero-order valence-corrected chi connectivity index (χ0v) is 11.3. The number of hydrogen-bond acceptors (Lipinski definition) is 1. The molecule has 1 amide bonds. The van der Waals surface area contributed by atoms with Crippen molar-refractivity contribution in [1.82, 2.24) is 5.32 Å². The number of hydrogen-bond donors (Lipinski definition) is 1. The van der Waals surface area contributed by atoms with Crippen LogP contribution in [0.25, 0.3) is 0 Å². The molecule has 1 saturated heterocycles. The monoisotopic (exact) mass is 227 g/mol. The Morgan fingerprint density at radius 3 is 2.19 bits per heavy atom. The third kappa shape index (κ3) is 3.21. The highest BCUT2D eigenvalue weighted by Crippen LogP contribution is 2.22. The van der Waals surface area contributed by atoms with Crippen LogP contribution in [0.2, 0.25) is 0 Å². The second kappa shape index (κ2) is 5.67. The van der Waals surface area contributed by atoms with Crippen molar-refractivity contribution in [3.05, 3.63) is 0 Å². The molecule has 0 bridgehead atoms. The fraction of sp³-hybridized carbons (Fsp3) is 0.923. The van der Waals surface area contributed by atoms with E-state index in [-0.39, 0.29) is 11.8 Å². The van der Waals surface area contributed by atoms with Crippen LogP contribution in [-0.4, -0.2) is 42.6 Å². The predicted molar refractivity (Wildman–Crippen MR) is 67.1 cm³/mol. The molecule has 3 nitrogen and oxygen atoms in total. The van der Waals surface area contributed by atoms with Crippen molar-refractivity contribution in [3.8, 4) is 0 Å². The lowest BCUT2D eigenvalue weighted by atomic mass is 10.2. The van der Waals surface area contributed by atoms with Gasteiger partial charge >= 0.3 is 0 Å². The maximum absolute atomic E-state index is 11.5.